The van der Waals surface area contributed by atoms with Crippen LogP contribution in [0.3, 0.4) is 0 Å². The van der Waals surface area contributed by atoms with Gasteiger partial charge in [-0.15, -0.1) is 11.3 Å². The Morgan fingerprint density at radius 3 is 3.20 bits per heavy atom. The highest BCUT2D eigenvalue weighted by Gasteiger charge is 1.81. The lowest BCUT2D eigenvalue weighted by Crippen LogP contribution is -1.53. The van der Waals surface area contributed by atoms with Crippen molar-refractivity contribution in [3.8, 4) is 0 Å². The highest BCUT2D eigenvalue weighted by molar-refractivity contribution is 7.10. The lowest BCUT2D eigenvalue weighted by Gasteiger charge is -1.75. The molecule has 0 radical (unpaired) electrons. The number of aliphatic imine (C=N–C) groups is 1. The summed E-state index contributed by atoms with van der Waals surface area (Å²) in [6, 6.07) is 3.89. The largest absolute Gasteiger partial charge is 0.239 e. The van der Waals surface area contributed by atoms with E-state index in [9.17, 15) is 4.79 Å². The molecule has 0 aliphatic rings. The predicted octanol–water partition coefficient (Wildman–Crippen LogP) is 2.05. The van der Waals surface area contributed by atoms with Gasteiger partial charge < -0.3 is 0 Å². The normalized spacial score (nSPS) is 9.60. The molecular formula is C7H5NOS. The van der Waals surface area contributed by atoms with Crippen LogP contribution in [0.1, 0.15) is 4.88 Å². The quantitative estimate of drug-likeness (QED) is 0.470. The molecule has 1 heterocycles. The van der Waals surface area contributed by atoms with Crippen LogP contribution in [0.5, 0.6) is 0 Å². The zero-order valence-corrected chi connectivity index (χ0v) is 5.97. The van der Waals surface area contributed by atoms with Gasteiger partial charge in [-0.05, 0) is 17.5 Å². The molecule has 0 bridgehead atoms. The van der Waals surface area contributed by atoms with Gasteiger partial charge in [0.15, 0.2) is 0 Å². The second kappa shape index (κ2) is 3.77. The van der Waals surface area contributed by atoms with E-state index < -0.39 is 0 Å². The van der Waals surface area contributed by atoms with Crippen LogP contribution in [0.15, 0.2) is 28.7 Å². The molecule has 0 N–H and O–H groups in total. The van der Waals surface area contributed by atoms with E-state index in [-0.39, 0.29) is 0 Å². The highest BCUT2D eigenvalue weighted by atomic mass is 32.1. The molecule has 2 nitrogen and oxygen atoms in total. The summed E-state index contributed by atoms with van der Waals surface area (Å²) < 4.78 is 0. The Morgan fingerprint density at radius 2 is 2.60 bits per heavy atom. The molecule has 0 fully saturated rings. The maximum atomic E-state index is 9.59. The molecule has 0 aromatic carbocycles. The van der Waals surface area contributed by atoms with Crippen LogP contribution < -0.4 is 0 Å². The van der Waals surface area contributed by atoms with Gasteiger partial charge in [0.25, 0.3) is 0 Å². The standard InChI is InChI=1S/C7H5NOS/c9-6-8-4-3-7-2-1-5-10-7/h1-5H/b4-3-. The minimum absolute atomic E-state index is 1.08. The molecule has 0 aliphatic heterocycles. The van der Waals surface area contributed by atoms with Crippen molar-refractivity contribution in [3.63, 3.8) is 0 Å². The third-order valence-electron chi connectivity index (χ3n) is 0.909. The highest BCUT2D eigenvalue weighted by Crippen LogP contribution is 2.09. The molecule has 50 valence electrons. The molecule has 1 aromatic rings. The van der Waals surface area contributed by atoms with Gasteiger partial charge in [0.2, 0.25) is 6.08 Å². The Kier molecular flexibility index (Phi) is 2.62. The van der Waals surface area contributed by atoms with E-state index in [1.807, 2.05) is 17.5 Å². The van der Waals surface area contributed by atoms with E-state index in [4.69, 9.17) is 0 Å². The van der Waals surface area contributed by atoms with Crippen molar-refractivity contribution >= 4 is 23.5 Å². The average molecular weight is 151 g/mol. The van der Waals surface area contributed by atoms with Crippen molar-refractivity contribution in [1.29, 1.82) is 0 Å². The number of hydrogen-bond donors (Lipinski definition) is 0. The number of hydrogen-bond acceptors (Lipinski definition) is 3. The molecule has 3 heteroatoms. The van der Waals surface area contributed by atoms with Crippen molar-refractivity contribution in [1.82, 2.24) is 0 Å². The van der Waals surface area contributed by atoms with E-state index in [1.54, 1.807) is 17.4 Å². The van der Waals surface area contributed by atoms with Crippen molar-refractivity contribution in [3.05, 3.63) is 28.6 Å². The number of isocyanates is 1. The first-order chi connectivity index (χ1) is 4.93. The lowest BCUT2D eigenvalue weighted by atomic mass is 10.5. The van der Waals surface area contributed by atoms with E-state index in [0.29, 0.717) is 0 Å². The zero-order valence-electron chi connectivity index (χ0n) is 5.15. The fraction of sp³-hybridized carbons (Fsp3) is 0. The summed E-state index contributed by atoms with van der Waals surface area (Å²) in [5.74, 6) is 0. The predicted molar refractivity (Wildman–Crippen MR) is 41.5 cm³/mol. The zero-order chi connectivity index (χ0) is 7.23. The SMILES string of the molecule is O=C=N/C=C\c1cccs1. The number of carbonyl (C=O) groups excluding carboxylic acids is 1. The number of rotatable bonds is 2. The van der Waals surface area contributed by atoms with Gasteiger partial charge in [-0.1, -0.05) is 6.07 Å². The minimum Gasteiger partial charge on any atom is -0.211 e. The first-order valence-electron chi connectivity index (χ1n) is 2.70. The van der Waals surface area contributed by atoms with Crippen LogP contribution in [0.25, 0.3) is 6.08 Å². The topological polar surface area (TPSA) is 29.4 Å². The maximum Gasteiger partial charge on any atom is 0.239 e. The molecule has 0 unspecified atom stereocenters. The molecule has 0 aliphatic carbocycles. The Labute approximate surface area is 62.5 Å². The molecular weight excluding hydrogens is 146 g/mol. The smallest absolute Gasteiger partial charge is 0.211 e. The van der Waals surface area contributed by atoms with E-state index in [0.717, 1.165) is 4.88 Å². The van der Waals surface area contributed by atoms with Crippen molar-refractivity contribution in [2.75, 3.05) is 0 Å². The van der Waals surface area contributed by atoms with Crippen molar-refractivity contribution in [2.45, 2.75) is 0 Å². The Hall–Kier alpha value is -1.18. The molecule has 0 saturated heterocycles. The summed E-state index contributed by atoms with van der Waals surface area (Å²) in [7, 11) is 0. The second-order valence-electron chi connectivity index (χ2n) is 1.55. The van der Waals surface area contributed by atoms with Crippen LogP contribution in [0.2, 0.25) is 0 Å². The fourth-order valence-corrected chi connectivity index (χ4v) is 1.14. The van der Waals surface area contributed by atoms with Gasteiger partial charge >= 0.3 is 0 Å². The van der Waals surface area contributed by atoms with E-state index >= 15 is 0 Å². The summed E-state index contributed by atoms with van der Waals surface area (Å²) in [5, 5.41) is 1.96. The molecule has 1 rings (SSSR count). The summed E-state index contributed by atoms with van der Waals surface area (Å²) in [6.07, 6.45) is 4.61. The van der Waals surface area contributed by atoms with Gasteiger partial charge in [0, 0.05) is 11.1 Å². The molecule has 0 spiro atoms. The van der Waals surface area contributed by atoms with Crippen LogP contribution in [-0.4, -0.2) is 6.08 Å². The summed E-state index contributed by atoms with van der Waals surface area (Å²) in [6.45, 7) is 0. The van der Waals surface area contributed by atoms with Crippen LogP contribution in [-0.2, 0) is 4.79 Å². The average Bonchev–Trinajstić information content (AvgIpc) is 2.41. The first kappa shape index (κ1) is 6.93. The number of nitrogens with zero attached hydrogens (tertiary/aromatic N) is 1. The fourth-order valence-electron chi connectivity index (χ4n) is 0.527. The lowest BCUT2D eigenvalue weighted by molar-refractivity contribution is 0.565. The van der Waals surface area contributed by atoms with E-state index in [1.165, 1.54) is 12.3 Å². The van der Waals surface area contributed by atoms with Crippen LogP contribution >= 0.6 is 11.3 Å². The van der Waals surface area contributed by atoms with Gasteiger partial charge in [-0.3, -0.25) is 0 Å². The Bertz CT molecular complexity index is 257. The van der Waals surface area contributed by atoms with Gasteiger partial charge in [-0.25, -0.2) is 4.79 Å². The molecule has 0 saturated carbocycles. The van der Waals surface area contributed by atoms with Gasteiger partial charge in [0.1, 0.15) is 0 Å². The molecule has 10 heavy (non-hydrogen) atoms. The summed E-state index contributed by atoms with van der Waals surface area (Å²) in [5.41, 5.74) is 0. The molecule has 0 amide bonds. The van der Waals surface area contributed by atoms with Crippen LogP contribution in [0.4, 0.5) is 0 Å². The van der Waals surface area contributed by atoms with Crippen molar-refractivity contribution in [2.24, 2.45) is 4.99 Å². The minimum atomic E-state index is 1.08. The second-order valence-corrected chi connectivity index (χ2v) is 2.53. The molecule has 0 atom stereocenters. The maximum absolute atomic E-state index is 9.59. The third-order valence-corrected chi connectivity index (χ3v) is 1.75. The van der Waals surface area contributed by atoms with E-state index in [2.05, 4.69) is 4.99 Å². The number of thiophene rings is 1. The Balaban J connectivity index is 2.63. The molecule has 1 aromatic heterocycles. The summed E-state index contributed by atoms with van der Waals surface area (Å²) >= 11 is 1.60. The van der Waals surface area contributed by atoms with Crippen molar-refractivity contribution < 1.29 is 4.79 Å². The third kappa shape index (κ3) is 1.97. The van der Waals surface area contributed by atoms with Crippen LogP contribution in [0, 0.1) is 0 Å². The Morgan fingerprint density at radius 1 is 1.70 bits per heavy atom. The van der Waals surface area contributed by atoms with Gasteiger partial charge in [0.05, 0.1) is 0 Å². The first-order valence-corrected chi connectivity index (χ1v) is 3.58. The van der Waals surface area contributed by atoms with Gasteiger partial charge in [-0.2, -0.15) is 4.99 Å². The summed E-state index contributed by atoms with van der Waals surface area (Å²) in [4.78, 5) is 13.9. The monoisotopic (exact) mass is 151 g/mol.